The van der Waals surface area contributed by atoms with Crippen LogP contribution in [0.5, 0.6) is 11.5 Å². The van der Waals surface area contributed by atoms with Crippen molar-refractivity contribution in [2.45, 2.75) is 13.8 Å². The minimum Gasteiger partial charge on any atom is -0.497 e. The van der Waals surface area contributed by atoms with Crippen molar-refractivity contribution < 1.29 is 18.7 Å². The molecule has 0 unspecified atom stereocenters. The number of esters is 1. The molecule has 1 aromatic heterocycles. The van der Waals surface area contributed by atoms with Crippen LogP contribution in [0.15, 0.2) is 51.7 Å². The van der Waals surface area contributed by atoms with Crippen molar-refractivity contribution in [1.82, 2.24) is 0 Å². The average molecular weight is 324 g/mol. The molecule has 3 aromatic rings. The van der Waals surface area contributed by atoms with Gasteiger partial charge in [0.05, 0.1) is 12.7 Å². The van der Waals surface area contributed by atoms with Crippen LogP contribution in [0.25, 0.3) is 11.0 Å². The van der Waals surface area contributed by atoms with Gasteiger partial charge in [-0.25, -0.2) is 9.59 Å². The lowest BCUT2D eigenvalue weighted by atomic mass is 10.1. The van der Waals surface area contributed by atoms with Crippen molar-refractivity contribution >= 4 is 16.9 Å². The maximum absolute atomic E-state index is 12.3. The summed E-state index contributed by atoms with van der Waals surface area (Å²) in [5.41, 5.74) is 1.79. The number of hydrogen-bond donors (Lipinski definition) is 0. The molecule has 0 saturated heterocycles. The molecular weight excluding hydrogens is 308 g/mol. The summed E-state index contributed by atoms with van der Waals surface area (Å²) in [6, 6.07) is 11.6. The highest BCUT2D eigenvalue weighted by molar-refractivity contribution is 5.93. The van der Waals surface area contributed by atoms with Gasteiger partial charge >= 0.3 is 11.6 Å². The smallest absolute Gasteiger partial charge is 0.343 e. The molecule has 0 saturated carbocycles. The number of hydrogen-bond acceptors (Lipinski definition) is 5. The van der Waals surface area contributed by atoms with Crippen LogP contribution in [0, 0.1) is 13.8 Å². The second-order valence-electron chi connectivity index (χ2n) is 5.44. The summed E-state index contributed by atoms with van der Waals surface area (Å²) in [5, 5.41) is 0.813. The second-order valence-corrected chi connectivity index (χ2v) is 5.44. The van der Waals surface area contributed by atoms with E-state index < -0.39 is 11.6 Å². The highest BCUT2D eigenvalue weighted by Gasteiger charge is 2.15. The van der Waals surface area contributed by atoms with Gasteiger partial charge in [0.2, 0.25) is 0 Å². The molecule has 5 heteroatoms. The van der Waals surface area contributed by atoms with Crippen molar-refractivity contribution in [3.8, 4) is 11.5 Å². The molecule has 1 heterocycles. The molecule has 0 amide bonds. The topological polar surface area (TPSA) is 65.7 Å². The molecule has 0 spiro atoms. The number of aryl methyl sites for hydroxylation is 2. The summed E-state index contributed by atoms with van der Waals surface area (Å²) in [5.74, 6) is 0.414. The lowest BCUT2D eigenvalue weighted by molar-refractivity contribution is 0.0733. The molecule has 0 N–H and O–H groups in total. The van der Waals surface area contributed by atoms with E-state index in [0.29, 0.717) is 28.2 Å². The van der Waals surface area contributed by atoms with Crippen molar-refractivity contribution in [2.24, 2.45) is 0 Å². The molecule has 24 heavy (non-hydrogen) atoms. The van der Waals surface area contributed by atoms with Gasteiger partial charge in [-0.3, -0.25) is 0 Å². The maximum Gasteiger partial charge on any atom is 0.343 e. The first-order valence-electron chi connectivity index (χ1n) is 7.40. The first-order valence-corrected chi connectivity index (χ1v) is 7.40. The Bertz CT molecular complexity index is 985. The Labute approximate surface area is 138 Å². The average Bonchev–Trinajstić information content (AvgIpc) is 2.57. The molecule has 0 radical (unpaired) electrons. The summed E-state index contributed by atoms with van der Waals surface area (Å²) >= 11 is 0. The van der Waals surface area contributed by atoms with E-state index >= 15 is 0 Å². The highest BCUT2D eigenvalue weighted by atomic mass is 16.5. The van der Waals surface area contributed by atoms with E-state index in [1.54, 1.807) is 43.3 Å². The van der Waals surface area contributed by atoms with Crippen molar-refractivity contribution in [3.63, 3.8) is 0 Å². The predicted octanol–water partition coefficient (Wildman–Crippen LogP) is 3.64. The van der Waals surface area contributed by atoms with Gasteiger partial charge < -0.3 is 13.9 Å². The molecule has 2 aromatic carbocycles. The van der Waals surface area contributed by atoms with Gasteiger partial charge in [-0.15, -0.1) is 0 Å². The van der Waals surface area contributed by atoms with Crippen LogP contribution in [0.1, 0.15) is 21.5 Å². The normalized spacial score (nSPS) is 10.6. The third kappa shape index (κ3) is 2.88. The summed E-state index contributed by atoms with van der Waals surface area (Å²) in [6.07, 6.45) is 0. The van der Waals surface area contributed by atoms with E-state index in [9.17, 15) is 9.59 Å². The third-order valence-electron chi connectivity index (χ3n) is 3.83. The van der Waals surface area contributed by atoms with Gasteiger partial charge in [-0.2, -0.15) is 0 Å². The Morgan fingerprint density at radius 2 is 1.88 bits per heavy atom. The number of methoxy groups -OCH3 is 1. The van der Waals surface area contributed by atoms with Gasteiger partial charge in [0.1, 0.15) is 17.1 Å². The Morgan fingerprint density at radius 1 is 1.08 bits per heavy atom. The molecule has 0 bridgehead atoms. The van der Waals surface area contributed by atoms with Gasteiger partial charge in [0.25, 0.3) is 0 Å². The van der Waals surface area contributed by atoms with E-state index in [1.165, 1.54) is 13.2 Å². The minimum absolute atomic E-state index is 0.351. The fourth-order valence-electron chi connectivity index (χ4n) is 2.52. The summed E-state index contributed by atoms with van der Waals surface area (Å²) in [6.45, 7) is 3.58. The number of fused-ring (bicyclic) bond motifs is 1. The SMILES string of the molecule is COc1cccc(C(=O)Oc2ccc3c(C)cc(=O)oc3c2C)c1. The first-order chi connectivity index (χ1) is 11.5. The zero-order valence-electron chi connectivity index (χ0n) is 13.6. The molecular formula is C19H16O5. The maximum atomic E-state index is 12.3. The Kier molecular flexibility index (Phi) is 4.08. The monoisotopic (exact) mass is 324 g/mol. The Hall–Kier alpha value is -3.08. The van der Waals surface area contributed by atoms with E-state index in [2.05, 4.69) is 0 Å². The van der Waals surface area contributed by atoms with E-state index in [-0.39, 0.29) is 0 Å². The van der Waals surface area contributed by atoms with Gasteiger partial charge in [0.15, 0.2) is 0 Å². The third-order valence-corrected chi connectivity index (χ3v) is 3.83. The number of benzene rings is 2. The standard InChI is InChI=1S/C19H16O5/c1-11-9-17(20)24-18-12(2)16(8-7-15(11)18)23-19(21)13-5-4-6-14(10-13)22-3/h4-10H,1-3H3. The second kappa shape index (κ2) is 6.20. The molecule has 0 aliphatic heterocycles. The predicted molar refractivity (Wildman–Crippen MR) is 89.9 cm³/mol. The summed E-state index contributed by atoms with van der Waals surface area (Å²) < 4.78 is 15.8. The van der Waals surface area contributed by atoms with E-state index in [1.807, 2.05) is 6.92 Å². The lowest BCUT2D eigenvalue weighted by Crippen LogP contribution is -2.10. The number of carbonyl (C=O) groups is 1. The quantitative estimate of drug-likeness (QED) is 0.418. The zero-order valence-corrected chi connectivity index (χ0v) is 13.6. The fourth-order valence-corrected chi connectivity index (χ4v) is 2.52. The zero-order chi connectivity index (χ0) is 17.3. The molecule has 0 atom stereocenters. The van der Waals surface area contributed by atoms with Crippen molar-refractivity contribution in [3.05, 3.63) is 69.6 Å². The van der Waals surface area contributed by atoms with Crippen LogP contribution in [0.2, 0.25) is 0 Å². The van der Waals surface area contributed by atoms with Gasteiger partial charge in [0, 0.05) is 17.0 Å². The van der Waals surface area contributed by atoms with Crippen LogP contribution in [-0.2, 0) is 0 Å². The van der Waals surface area contributed by atoms with Crippen LogP contribution in [0.4, 0.5) is 0 Å². The highest BCUT2D eigenvalue weighted by Crippen LogP contribution is 2.28. The minimum atomic E-state index is -0.508. The summed E-state index contributed by atoms with van der Waals surface area (Å²) in [4.78, 5) is 23.9. The molecule has 0 fully saturated rings. The van der Waals surface area contributed by atoms with Gasteiger partial charge in [-0.1, -0.05) is 6.07 Å². The number of ether oxygens (including phenoxy) is 2. The largest absolute Gasteiger partial charge is 0.497 e. The van der Waals surface area contributed by atoms with Gasteiger partial charge in [-0.05, 0) is 49.7 Å². The van der Waals surface area contributed by atoms with Crippen molar-refractivity contribution in [2.75, 3.05) is 7.11 Å². The van der Waals surface area contributed by atoms with Crippen LogP contribution < -0.4 is 15.1 Å². The molecule has 3 rings (SSSR count). The Balaban J connectivity index is 1.99. The molecule has 5 nitrogen and oxygen atoms in total. The van der Waals surface area contributed by atoms with Crippen LogP contribution in [0.3, 0.4) is 0 Å². The lowest BCUT2D eigenvalue weighted by Gasteiger charge is -2.10. The molecule has 0 aliphatic carbocycles. The van der Waals surface area contributed by atoms with Crippen LogP contribution in [-0.4, -0.2) is 13.1 Å². The fraction of sp³-hybridized carbons (Fsp3) is 0.158. The van der Waals surface area contributed by atoms with Crippen molar-refractivity contribution in [1.29, 1.82) is 0 Å². The number of carbonyl (C=O) groups excluding carboxylic acids is 1. The van der Waals surface area contributed by atoms with E-state index in [4.69, 9.17) is 13.9 Å². The Morgan fingerprint density at radius 3 is 2.62 bits per heavy atom. The van der Waals surface area contributed by atoms with E-state index in [0.717, 1.165) is 10.9 Å². The van der Waals surface area contributed by atoms with Crippen LogP contribution >= 0.6 is 0 Å². The molecule has 122 valence electrons. The number of rotatable bonds is 3. The summed E-state index contributed by atoms with van der Waals surface area (Å²) in [7, 11) is 1.53. The molecule has 0 aliphatic rings. The first kappa shape index (κ1) is 15.8.